The van der Waals surface area contributed by atoms with Crippen LogP contribution in [0.3, 0.4) is 0 Å². The molecule has 1 heterocycles. The number of fused-ring (bicyclic) bond motifs is 1. The van der Waals surface area contributed by atoms with Crippen molar-refractivity contribution in [3.63, 3.8) is 0 Å². The molecule has 0 saturated heterocycles. The van der Waals surface area contributed by atoms with Crippen LogP contribution in [-0.4, -0.2) is 19.2 Å². The van der Waals surface area contributed by atoms with E-state index in [1.165, 1.54) is 13.2 Å². The third-order valence-corrected chi connectivity index (χ3v) is 3.44. The topological polar surface area (TPSA) is 79.5 Å². The van der Waals surface area contributed by atoms with E-state index in [0.717, 1.165) is 11.3 Å². The Kier molecular flexibility index (Phi) is 3.20. The molecule has 0 spiro atoms. The van der Waals surface area contributed by atoms with E-state index in [-0.39, 0.29) is 10.6 Å². The Morgan fingerprint density at radius 1 is 1.50 bits per heavy atom. The third kappa shape index (κ3) is 1.89. The van der Waals surface area contributed by atoms with Crippen molar-refractivity contribution in [2.24, 2.45) is 4.99 Å². The van der Waals surface area contributed by atoms with Gasteiger partial charge in [-0.2, -0.15) is 10.3 Å². The number of nitriles is 1. The quantitative estimate of drug-likeness (QED) is 0.471. The zero-order valence-electron chi connectivity index (χ0n) is 9.26. The van der Waals surface area contributed by atoms with Crippen LogP contribution >= 0.6 is 11.3 Å². The van der Waals surface area contributed by atoms with Crippen molar-refractivity contribution >= 4 is 39.2 Å². The Labute approximate surface area is 106 Å². The molecule has 0 aliphatic rings. The van der Waals surface area contributed by atoms with Gasteiger partial charge in [0.15, 0.2) is 0 Å². The molecule has 2 aromatic rings. The average Bonchev–Trinajstić information content (AvgIpc) is 2.76. The number of ether oxygens (including phenoxy) is 1. The summed E-state index contributed by atoms with van der Waals surface area (Å²) in [5, 5.41) is 9.44. The number of carbonyl (C=O) groups is 1. The molecule has 5 nitrogen and oxygen atoms in total. The molecule has 0 fully saturated rings. The van der Waals surface area contributed by atoms with Gasteiger partial charge >= 0.3 is 5.97 Å². The predicted molar refractivity (Wildman–Crippen MR) is 65.7 cm³/mol. The maximum absolute atomic E-state index is 11.6. The van der Waals surface area contributed by atoms with Gasteiger partial charge in [-0.05, 0) is 18.2 Å². The Morgan fingerprint density at radius 2 is 2.28 bits per heavy atom. The molecule has 0 N–H and O–H groups in total. The van der Waals surface area contributed by atoms with Gasteiger partial charge in [0.2, 0.25) is 6.08 Å². The zero-order chi connectivity index (χ0) is 13.1. The van der Waals surface area contributed by atoms with E-state index < -0.39 is 5.97 Å². The number of methoxy groups -OCH3 is 1. The smallest absolute Gasteiger partial charge is 0.350 e. The van der Waals surface area contributed by atoms with Crippen molar-refractivity contribution < 1.29 is 14.3 Å². The molecule has 0 radical (unpaired) electrons. The van der Waals surface area contributed by atoms with Gasteiger partial charge < -0.3 is 4.74 Å². The molecule has 0 unspecified atom stereocenters. The highest BCUT2D eigenvalue weighted by Crippen LogP contribution is 2.38. The lowest BCUT2D eigenvalue weighted by molar-refractivity contribution is 0.0607. The molecule has 88 valence electrons. The van der Waals surface area contributed by atoms with Crippen molar-refractivity contribution in [3.05, 3.63) is 28.6 Å². The summed E-state index contributed by atoms with van der Waals surface area (Å²) in [5.41, 5.74) is 0.711. The number of hydrogen-bond acceptors (Lipinski definition) is 6. The molecule has 0 bridgehead atoms. The minimum absolute atomic E-state index is 0.228. The lowest BCUT2D eigenvalue weighted by Gasteiger charge is -1.95. The van der Waals surface area contributed by atoms with Crippen LogP contribution in [0.5, 0.6) is 0 Å². The van der Waals surface area contributed by atoms with Crippen molar-refractivity contribution in [1.82, 2.24) is 0 Å². The normalized spacial score (nSPS) is 9.56. The maximum atomic E-state index is 11.6. The van der Waals surface area contributed by atoms with Crippen molar-refractivity contribution in [2.45, 2.75) is 0 Å². The summed E-state index contributed by atoms with van der Waals surface area (Å²) < 4.78 is 5.32. The summed E-state index contributed by atoms with van der Waals surface area (Å²) in [6, 6.07) is 6.88. The van der Waals surface area contributed by atoms with Gasteiger partial charge in [-0.25, -0.2) is 9.59 Å². The van der Waals surface area contributed by atoms with Crippen LogP contribution in [-0.2, 0) is 9.53 Å². The number of nitrogens with zero attached hydrogens (tertiary/aromatic N) is 2. The van der Waals surface area contributed by atoms with Gasteiger partial charge in [-0.3, -0.25) is 0 Å². The number of aliphatic imine (C=N–C) groups is 1. The van der Waals surface area contributed by atoms with Gasteiger partial charge in [0.1, 0.15) is 10.6 Å². The molecular weight excluding hydrogens is 252 g/mol. The molecule has 0 amide bonds. The first-order valence-corrected chi connectivity index (χ1v) is 5.65. The van der Waals surface area contributed by atoms with E-state index >= 15 is 0 Å². The Morgan fingerprint density at radius 3 is 2.89 bits per heavy atom. The molecular formula is C12H6N2O3S. The first kappa shape index (κ1) is 12.0. The largest absolute Gasteiger partial charge is 0.465 e. The van der Waals surface area contributed by atoms with Crippen LogP contribution < -0.4 is 0 Å². The van der Waals surface area contributed by atoms with Gasteiger partial charge in [-0.1, -0.05) is 0 Å². The average molecular weight is 258 g/mol. The van der Waals surface area contributed by atoms with Crippen LogP contribution in [0.4, 0.5) is 5.69 Å². The second-order valence-corrected chi connectivity index (χ2v) is 4.35. The number of benzene rings is 1. The van der Waals surface area contributed by atoms with E-state index in [9.17, 15) is 9.59 Å². The highest BCUT2D eigenvalue weighted by atomic mass is 32.1. The molecule has 0 aliphatic carbocycles. The zero-order valence-corrected chi connectivity index (χ0v) is 10.1. The first-order chi connectivity index (χ1) is 8.71. The summed E-state index contributed by atoms with van der Waals surface area (Å²) in [7, 11) is 1.25. The number of carbonyl (C=O) groups excluding carboxylic acids is 2. The molecule has 0 saturated carbocycles. The Balaban J connectivity index is 2.78. The van der Waals surface area contributed by atoms with Gasteiger partial charge in [-0.15, -0.1) is 11.3 Å². The third-order valence-electron chi connectivity index (χ3n) is 2.32. The predicted octanol–water partition coefficient (Wildman–Crippen LogP) is 2.53. The SMILES string of the molecule is COC(=O)c1sc2cc(C#N)ccc2c1N=C=O. The summed E-state index contributed by atoms with van der Waals surface area (Å²) in [5.74, 6) is -0.566. The molecule has 0 atom stereocenters. The van der Waals surface area contributed by atoms with Crippen molar-refractivity contribution in [1.29, 1.82) is 5.26 Å². The van der Waals surface area contributed by atoms with E-state index in [4.69, 9.17) is 5.26 Å². The van der Waals surface area contributed by atoms with E-state index in [0.29, 0.717) is 15.6 Å². The molecule has 0 aliphatic heterocycles. The minimum atomic E-state index is -0.566. The molecule has 1 aromatic carbocycles. The lowest BCUT2D eigenvalue weighted by Crippen LogP contribution is -1.97. The highest BCUT2D eigenvalue weighted by molar-refractivity contribution is 7.21. The fourth-order valence-electron chi connectivity index (χ4n) is 1.54. The van der Waals surface area contributed by atoms with Crippen LogP contribution in [0.15, 0.2) is 23.2 Å². The van der Waals surface area contributed by atoms with Gasteiger partial charge in [0.25, 0.3) is 0 Å². The standard InChI is InChI=1S/C12H6N2O3S/c1-17-12(16)11-10(14-6-15)8-3-2-7(5-13)4-9(8)18-11/h2-4H,1H3. The van der Waals surface area contributed by atoms with Crippen molar-refractivity contribution in [2.75, 3.05) is 7.11 Å². The van der Waals surface area contributed by atoms with Crippen LogP contribution in [0.2, 0.25) is 0 Å². The number of rotatable bonds is 2. The minimum Gasteiger partial charge on any atom is -0.465 e. The second kappa shape index (κ2) is 4.80. The van der Waals surface area contributed by atoms with Crippen LogP contribution in [0, 0.1) is 11.3 Å². The Hall–Kier alpha value is -2.48. The number of hydrogen-bond donors (Lipinski definition) is 0. The van der Waals surface area contributed by atoms with Gasteiger partial charge in [0, 0.05) is 10.1 Å². The summed E-state index contributed by atoms with van der Waals surface area (Å²) in [6.45, 7) is 0. The molecule has 6 heteroatoms. The number of thiophene rings is 1. The van der Waals surface area contributed by atoms with E-state index in [2.05, 4.69) is 9.73 Å². The summed E-state index contributed by atoms with van der Waals surface area (Å²) in [6.07, 6.45) is 1.42. The number of isocyanates is 1. The van der Waals surface area contributed by atoms with Crippen molar-refractivity contribution in [3.8, 4) is 6.07 Å². The first-order valence-electron chi connectivity index (χ1n) is 4.84. The molecule has 18 heavy (non-hydrogen) atoms. The molecule has 1 aromatic heterocycles. The van der Waals surface area contributed by atoms with Crippen LogP contribution in [0.1, 0.15) is 15.2 Å². The fraction of sp³-hybridized carbons (Fsp3) is 0.0833. The summed E-state index contributed by atoms with van der Waals surface area (Å²) >= 11 is 1.13. The fourth-order valence-corrected chi connectivity index (χ4v) is 2.64. The molecule has 2 rings (SSSR count). The van der Waals surface area contributed by atoms with Crippen LogP contribution in [0.25, 0.3) is 10.1 Å². The van der Waals surface area contributed by atoms with E-state index in [1.807, 2.05) is 6.07 Å². The summed E-state index contributed by atoms with van der Waals surface area (Å²) in [4.78, 5) is 25.7. The highest BCUT2D eigenvalue weighted by Gasteiger charge is 2.19. The number of esters is 1. The van der Waals surface area contributed by atoms with Gasteiger partial charge in [0.05, 0.1) is 18.7 Å². The lowest BCUT2D eigenvalue weighted by atomic mass is 10.1. The maximum Gasteiger partial charge on any atom is 0.350 e. The monoisotopic (exact) mass is 258 g/mol. The Bertz CT molecular complexity index is 721. The second-order valence-electron chi connectivity index (χ2n) is 3.30. The van der Waals surface area contributed by atoms with E-state index in [1.54, 1.807) is 18.2 Å².